The molecule has 0 N–H and O–H groups in total. The van der Waals surface area contributed by atoms with Gasteiger partial charge in [0.2, 0.25) is 0 Å². The second-order valence-electron chi connectivity index (χ2n) is 5.06. The molecule has 0 amide bonds. The summed E-state index contributed by atoms with van der Waals surface area (Å²) >= 11 is 0. The molecule has 1 aliphatic rings. The highest BCUT2D eigenvalue weighted by Gasteiger charge is 2.26. The number of carbonyl (C=O) groups excluding carboxylic acids is 1. The number of pyridine rings is 1. The zero-order valence-corrected chi connectivity index (χ0v) is 11.7. The van der Waals surface area contributed by atoms with Crippen molar-refractivity contribution >= 4 is 11.6 Å². The maximum Gasteiger partial charge on any atom is 0.339 e. The number of aromatic nitrogens is 3. The predicted molar refractivity (Wildman–Crippen MR) is 73.8 cm³/mol. The molecule has 1 fully saturated rings. The summed E-state index contributed by atoms with van der Waals surface area (Å²) in [5, 5.41) is 4.51. The van der Waals surface area contributed by atoms with Crippen molar-refractivity contribution in [3.05, 3.63) is 29.7 Å². The quantitative estimate of drug-likeness (QED) is 0.790. The van der Waals surface area contributed by atoms with Gasteiger partial charge in [-0.05, 0) is 31.6 Å². The smallest absolute Gasteiger partial charge is 0.339 e. The SMILES string of the molecule is CCN1CCC(c2nc3ccc(C(=O)OC)cn3n2)C1. The molecule has 2 aromatic rings. The van der Waals surface area contributed by atoms with Crippen LogP contribution in [0.25, 0.3) is 5.65 Å². The Bertz CT molecular complexity index is 637. The standard InChI is InChI=1S/C14H18N4O2/c1-3-17-7-6-10(8-17)13-15-12-5-4-11(14(19)20-2)9-18(12)16-13/h4-5,9-10H,3,6-8H2,1-2H3. The first-order chi connectivity index (χ1) is 9.71. The van der Waals surface area contributed by atoms with Gasteiger partial charge in [-0.3, -0.25) is 0 Å². The molecule has 1 atom stereocenters. The van der Waals surface area contributed by atoms with Gasteiger partial charge in [0.15, 0.2) is 11.5 Å². The minimum absolute atomic E-state index is 0.359. The average molecular weight is 274 g/mol. The summed E-state index contributed by atoms with van der Waals surface area (Å²) in [7, 11) is 1.37. The van der Waals surface area contributed by atoms with Crippen molar-refractivity contribution in [1.82, 2.24) is 19.5 Å². The molecule has 1 aliphatic heterocycles. The number of rotatable bonds is 3. The highest BCUT2D eigenvalue weighted by atomic mass is 16.5. The molecule has 0 saturated carbocycles. The fourth-order valence-corrected chi connectivity index (χ4v) is 2.64. The first kappa shape index (κ1) is 13.1. The molecule has 1 saturated heterocycles. The zero-order valence-electron chi connectivity index (χ0n) is 11.7. The van der Waals surface area contributed by atoms with E-state index < -0.39 is 0 Å². The van der Waals surface area contributed by atoms with Gasteiger partial charge in [-0.15, -0.1) is 0 Å². The van der Waals surface area contributed by atoms with Crippen LogP contribution in [0.1, 0.15) is 35.4 Å². The number of fused-ring (bicyclic) bond motifs is 1. The summed E-state index contributed by atoms with van der Waals surface area (Å²) in [5.74, 6) is 0.890. The van der Waals surface area contributed by atoms with Gasteiger partial charge in [0.05, 0.1) is 12.7 Å². The van der Waals surface area contributed by atoms with Crippen molar-refractivity contribution in [3.8, 4) is 0 Å². The lowest BCUT2D eigenvalue weighted by Crippen LogP contribution is -2.19. The summed E-state index contributed by atoms with van der Waals surface area (Å²) in [6.07, 6.45) is 2.76. The maximum atomic E-state index is 11.5. The molecule has 0 spiro atoms. The summed E-state index contributed by atoms with van der Waals surface area (Å²) in [5.41, 5.74) is 1.25. The second kappa shape index (κ2) is 5.20. The average Bonchev–Trinajstić information content (AvgIpc) is 3.11. The molecule has 1 unspecified atom stereocenters. The van der Waals surface area contributed by atoms with Gasteiger partial charge in [0.25, 0.3) is 0 Å². The van der Waals surface area contributed by atoms with E-state index in [0.717, 1.165) is 37.5 Å². The van der Waals surface area contributed by atoms with E-state index in [0.29, 0.717) is 11.5 Å². The number of esters is 1. The molecule has 0 bridgehead atoms. The predicted octanol–water partition coefficient (Wildman–Crippen LogP) is 1.33. The molecule has 6 heteroatoms. The largest absolute Gasteiger partial charge is 0.465 e. The number of nitrogens with zero attached hydrogens (tertiary/aromatic N) is 4. The molecule has 106 valence electrons. The van der Waals surface area contributed by atoms with Crippen LogP contribution in [-0.4, -0.2) is 52.2 Å². The van der Waals surface area contributed by atoms with Crippen molar-refractivity contribution in [1.29, 1.82) is 0 Å². The second-order valence-corrected chi connectivity index (χ2v) is 5.06. The van der Waals surface area contributed by atoms with Crippen molar-refractivity contribution in [3.63, 3.8) is 0 Å². The van der Waals surface area contributed by atoms with Crippen molar-refractivity contribution in [2.45, 2.75) is 19.3 Å². The van der Waals surface area contributed by atoms with Crippen LogP contribution >= 0.6 is 0 Å². The molecule has 3 rings (SSSR count). The Balaban J connectivity index is 1.89. The van der Waals surface area contributed by atoms with Crippen LogP contribution in [0, 0.1) is 0 Å². The summed E-state index contributed by atoms with van der Waals surface area (Å²) in [6, 6.07) is 3.52. The fraction of sp³-hybridized carbons (Fsp3) is 0.500. The highest BCUT2D eigenvalue weighted by molar-refractivity contribution is 5.89. The van der Waals surface area contributed by atoms with Crippen LogP contribution in [0.2, 0.25) is 0 Å². The lowest BCUT2D eigenvalue weighted by atomic mass is 10.1. The van der Waals surface area contributed by atoms with E-state index in [2.05, 4.69) is 21.9 Å². The topological polar surface area (TPSA) is 59.7 Å². The minimum Gasteiger partial charge on any atom is -0.465 e. The normalized spacial score (nSPS) is 19.6. The van der Waals surface area contributed by atoms with Gasteiger partial charge in [0, 0.05) is 18.7 Å². The Morgan fingerprint density at radius 3 is 3.05 bits per heavy atom. The van der Waals surface area contributed by atoms with Crippen LogP contribution < -0.4 is 0 Å². The van der Waals surface area contributed by atoms with Crippen molar-refractivity contribution in [2.75, 3.05) is 26.7 Å². The number of likely N-dealkylation sites (tertiary alicyclic amines) is 1. The third-order valence-corrected chi connectivity index (χ3v) is 3.85. The number of carbonyl (C=O) groups is 1. The van der Waals surface area contributed by atoms with Crippen molar-refractivity contribution < 1.29 is 9.53 Å². The first-order valence-corrected chi connectivity index (χ1v) is 6.88. The first-order valence-electron chi connectivity index (χ1n) is 6.88. The van der Waals surface area contributed by atoms with Crippen LogP contribution in [-0.2, 0) is 4.74 Å². The van der Waals surface area contributed by atoms with E-state index in [4.69, 9.17) is 4.74 Å². The Hall–Kier alpha value is -1.95. The van der Waals surface area contributed by atoms with Gasteiger partial charge >= 0.3 is 5.97 Å². The number of hydrogen-bond donors (Lipinski definition) is 0. The van der Waals surface area contributed by atoms with Gasteiger partial charge in [-0.25, -0.2) is 14.3 Å². The highest BCUT2D eigenvalue weighted by Crippen LogP contribution is 2.24. The number of ether oxygens (including phenoxy) is 1. The third-order valence-electron chi connectivity index (χ3n) is 3.85. The fourth-order valence-electron chi connectivity index (χ4n) is 2.64. The van der Waals surface area contributed by atoms with Crippen LogP contribution in [0.15, 0.2) is 18.3 Å². The van der Waals surface area contributed by atoms with Crippen LogP contribution in [0.3, 0.4) is 0 Å². The van der Waals surface area contributed by atoms with Crippen molar-refractivity contribution in [2.24, 2.45) is 0 Å². The maximum absolute atomic E-state index is 11.5. The summed E-state index contributed by atoms with van der Waals surface area (Å²) in [4.78, 5) is 18.5. The van der Waals surface area contributed by atoms with E-state index in [1.165, 1.54) is 7.11 Å². The Kier molecular flexibility index (Phi) is 3.40. The molecular weight excluding hydrogens is 256 g/mol. The van der Waals surface area contributed by atoms with Gasteiger partial charge in [-0.2, -0.15) is 5.10 Å². The number of likely N-dealkylation sites (N-methyl/N-ethyl adjacent to an activating group) is 1. The zero-order chi connectivity index (χ0) is 14.1. The number of methoxy groups -OCH3 is 1. The lowest BCUT2D eigenvalue weighted by Gasteiger charge is -2.10. The summed E-state index contributed by atoms with van der Waals surface area (Å²) < 4.78 is 6.38. The molecule has 2 aromatic heterocycles. The molecule has 20 heavy (non-hydrogen) atoms. The van der Waals surface area contributed by atoms with E-state index in [-0.39, 0.29) is 5.97 Å². The molecule has 0 aromatic carbocycles. The van der Waals surface area contributed by atoms with Crippen LogP contribution in [0.5, 0.6) is 0 Å². The van der Waals surface area contributed by atoms with Crippen LogP contribution in [0.4, 0.5) is 0 Å². The Morgan fingerprint density at radius 1 is 1.50 bits per heavy atom. The molecule has 0 radical (unpaired) electrons. The van der Waals surface area contributed by atoms with Gasteiger partial charge in [-0.1, -0.05) is 6.92 Å². The van der Waals surface area contributed by atoms with Gasteiger partial charge in [0.1, 0.15) is 0 Å². The lowest BCUT2D eigenvalue weighted by molar-refractivity contribution is 0.0600. The van der Waals surface area contributed by atoms with E-state index in [1.54, 1.807) is 22.8 Å². The third kappa shape index (κ3) is 2.27. The molecule has 6 nitrogen and oxygen atoms in total. The Labute approximate surface area is 117 Å². The Morgan fingerprint density at radius 2 is 2.35 bits per heavy atom. The minimum atomic E-state index is -0.359. The number of hydrogen-bond acceptors (Lipinski definition) is 5. The molecule has 0 aliphatic carbocycles. The summed E-state index contributed by atoms with van der Waals surface area (Å²) in [6.45, 7) is 5.35. The monoisotopic (exact) mass is 274 g/mol. The molecule has 3 heterocycles. The van der Waals surface area contributed by atoms with E-state index >= 15 is 0 Å². The van der Waals surface area contributed by atoms with E-state index in [9.17, 15) is 4.79 Å². The van der Waals surface area contributed by atoms with E-state index in [1.807, 2.05) is 0 Å². The molecular formula is C14H18N4O2. The van der Waals surface area contributed by atoms with Gasteiger partial charge < -0.3 is 9.64 Å².